The molecule has 4 atom stereocenters. The maximum Gasteiger partial charge on any atom is 0.311 e. The topological polar surface area (TPSA) is 72.5 Å². The van der Waals surface area contributed by atoms with Gasteiger partial charge in [-0.05, 0) is 79.5 Å². The fourth-order valence-corrected chi connectivity index (χ4v) is 6.48. The summed E-state index contributed by atoms with van der Waals surface area (Å²) >= 11 is 0. The number of ether oxygens (including phenoxy) is 1. The zero-order valence-corrected chi connectivity index (χ0v) is 19.6. The van der Waals surface area contributed by atoms with Crippen LogP contribution in [0.4, 0.5) is 0 Å². The SMILES string of the molecule is CCCCCNC(=O)CCC(=O)Oc1ccc2c(c1)CCC1C2CCC2(C)C(=O)CCC12. The van der Waals surface area contributed by atoms with E-state index in [4.69, 9.17) is 4.74 Å². The number of hydrogen-bond donors (Lipinski definition) is 1. The Labute approximate surface area is 191 Å². The number of aryl methyl sites for hydroxylation is 1. The molecule has 174 valence electrons. The molecule has 0 heterocycles. The van der Waals surface area contributed by atoms with Crippen LogP contribution in [0.15, 0.2) is 18.2 Å². The molecule has 1 N–H and O–H groups in total. The van der Waals surface area contributed by atoms with Crippen LogP contribution in [-0.2, 0) is 20.8 Å². The lowest BCUT2D eigenvalue weighted by Gasteiger charge is -2.48. The van der Waals surface area contributed by atoms with E-state index in [2.05, 4.69) is 25.2 Å². The standard InChI is InChI=1S/C27H37NO4/c1-3-4-5-16-28-25(30)12-13-26(31)32-19-7-9-20-18(17-19)6-8-22-21(20)14-15-27(2)23(22)10-11-24(27)29/h7,9,17,21-23H,3-6,8,10-16H2,1-2H3,(H,28,30). The molecule has 5 heteroatoms. The maximum atomic E-state index is 12.5. The Morgan fingerprint density at radius 3 is 2.78 bits per heavy atom. The highest BCUT2D eigenvalue weighted by Crippen LogP contribution is 2.59. The van der Waals surface area contributed by atoms with Crippen molar-refractivity contribution < 1.29 is 19.1 Å². The Morgan fingerprint density at radius 2 is 1.97 bits per heavy atom. The lowest BCUT2D eigenvalue weighted by Crippen LogP contribution is -2.42. The second-order valence-electron chi connectivity index (χ2n) is 10.2. The molecule has 0 spiro atoms. The second-order valence-corrected chi connectivity index (χ2v) is 10.2. The molecule has 0 radical (unpaired) electrons. The van der Waals surface area contributed by atoms with Crippen molar-refractivity contribution in [3.8, 4) is 5.75 Å². The number of carbonyl (C=O) groups excluding carboxylic acids is 3. The summed E-state index contributed by atoms with van der Waals surface area (Å²) in [5, 5.41) is 2.86. The first-order chi connectivity index (χ1) is 15.4. The molecule has 5 nitrogen and oxygen atoms in total. The Balaban J connectivity index is 1.32. The molecule has 0 bridgehead atoms. The van der Waals surface area contributed by atoms with Crippen LogP contribution in [0.5, 0.6) is 5.75 Å². The van der Waals surface area contributed by atoms with E-state index in [0.717, 1.165) is 57.8 Å². The largest absolute Gasteiger partial charge is 0.427 e. The molecule has 1 aromatic carbocycles. The Bertz CT molecular complexity index is 878. The lowest BCUT2D eigenvalue weighted by atomic mass is 9.55. The van der Waals surface area contributed by atoms with Crippen molar-refractivity contribution >= 4 is 17.7 Å². The van der Waals surface area contributed by atoms with Gasteiger partial charge in [-0.3, -0.25) is 14.4 Å². The highest BCUT2D eigenvalue weighted by Gasteiger charge is 2.54. The van der Waals surface area contributed by atoms with Crippen LogP contribution in [0.2, 0.25) is 0 Å². The van der Waals surface area contributed by atoms with Gasteiger partial charge >= 0.3 is 5.97 Å². The van der Waals surface area contributed by atoms with E-state index >= 15 is 0 Å². The van der Waals surface area contributed by atoms with E-state index in [1.54, 1.807) is 0 Å². The highest BCUT2D eigenvalue weighted by atomic mass is 16.5. The van der Waals surface area contributed by atoms with Crippen molar-refractivity contribution in [2.75, 3.05) is 6.54 Å². The van der Waals surface area contributed by atoms with E-state index in [1.807, 2.05) is 12.1 Å². The monoisotopic (exact) mass is 439 g/mol. The van der Waals surface area contributed by atoms with E-state index in [0.29, 0.717) is 35.8 Å². The van der Waals surface area contributed by atoms with Crippen LogP contribution in [0.3, 0.4) is 0 Å². The fourth-order valence-electron chi connectivity index (χ4n) is 6.48. The number of amides is 1. The number of rotatable bonds is 8. The lowest BCUT2D eigenvalue weighted by molar-refractivity contribution is -0.136. The molecule has 1 amide bonds. The molecule has 32 heavy (non-hydrogen) atoms. The number of ketones is 1. The minimum absolute atomic E-state index is 0.0929. The summed E-state index contributed by atoms with van der Waals surface area (Å²) in [4.78, 5) is 36.6. The molecule has 1 aromatic rings. The van der Waals surface area contributed by atoms with E-state index < -0.39 is 0 Å². The zero-order chi connectivity index (χ0) is 22.7. The van der Waals surface area contributed by atoms with Gasteiger partial charge in [0, 0.05) is 24.8 Å². The van der Waals surface area contributed by atoms with Crippen LogP contribution in [0, 0.1) is 17.3 Å². The summed E-state index contributed by atoms with van der Waals surface area (Å²) in [6, 6.07) is 6.05. The van der Waals surface area contributed by atoms with Gasteiger partial charge in [0.15, 0.2) is 0 Å². The minimum Gasteiger partial charge on any atom is -0.427 e. The van der Waals surface area contributed by atoms with Crippen molar-refractivity contribution in [1.29, 1.82) is 0 Å². The van der Waals surface area contributed by atoms with Gasteiger partial charge in [0.25, 0.3) is 0 Å². The van der Waals surface area contributed by atoms with Crippen molar-refractivity contribution in [3.63, 3.8) is 0 Å². The number of carbonyl (C=O) groups is 3. The Kier molecular flexibility index (Phi) is 7.02. The first-order valence-corrected chi connectivity index (χ1v) is 12.6. The highest BCUT2D eigenvalue weighted by molar-refractivity contribution is 5.87. The maximum absolute atomic E-state index is 12.5. The summed E-state index contributed by atoms with van der Waals surface area (Å²) < 4.78 is 5.55. The predicted molar refractivity (Wildman–Crippen MR) is 123 cm³/mol. The summed E-state index contributed by atoms with van der Waals surface area (Å²) in [5.41, 5.74) is 2.56. The van der Waals surface area contributed by atoms with E-state index in [9.17, 15) is 14.4 Å². The number of fused-ring (bicyclic) bond motifs is 5. The van der Waals surface area contributed by atoms with E-state index in [1.165, 1.54) is 11.1 Å². The van der Waals surface area contributed by atoms with Gasteiger partial charge in [0.2, 0.25) is 5.91 Å². The third-order valence-corrected chi connectivity index (χ3v) is 8.30. The summed E-state index contributed by atoms with van der Waals surface area (Å²) in [7, 11) is 0. The number of esters is 1. The molecule has 0 aliphatic heterocycles. The number of hydrogen-bond acceptors (Lipinski definition) is 4. The summed E-state index contributed by atoms with van der Waals surface area (Å²) in [6.45, 7) is 4.99. The molecule has 2 saturated carbocycles. The van der Waals surface area contributed by atoms with Gasteiger partial charge in [-0.25, -0.2) is 0 Å². The third kappa shape index (κ3) is 4.62. The normalized spacial score (nSPS) is 28.4. The van der Waals surface area contributed by atoms with Gasteiger partial charge in [0.05, 0.1) is 6.42 Å². The Morgan fingerprint density at radius 1 is 1.12 bits per heavy atom. The van der Waals surface area contributed by atoms with Crippen molar-refractivity contribution in [2.24, 2.45) is 17.3 Å². The van der Waals surface area contributed by atoms with E-state index in [-0.39, 0.29) is 30.1 Å². The number of Topliss-reactive ketones (excluding diaryl/α,β-unsaturated/α-hetero) is 1. The third-order valence-electron chi connectivity index (χ3n) is 8.30. The van der Waals surface area contributed by atoms with Crippen LogP contribution in [0.1, 0.15) is 95.1 Å². The van der Waals surface area contributed by atoms with Crippen molar-refractivity contribution in [3.05, 3.63) is 29.3 Å². The van der Waals surface area contributed by atoms with Crippen molar-refractivity contribution in [2.45, 2.75) is 90.4 Å². The molecule has 4 unspecified atom stereocenters. The molecular weight excluding hydrogens is 402 g/mol. The first-order valence-electron chi connectivity index (χ1n) is 12.6. The molecule has 2 fully saturated rings. The van der Waals surface area contributed by atoms with Gasteiger partial charge < -0.3 is 10.1 Å². The van der Waals surface area contributed by atoms with Crippen LogP contribution >= 0.6 is 0 Å². The molecule has 3 aliphatic carbocycles. The number of benzene rings is 1. The number of nitrogens with one attached hydrogen (secondary N) is 1. The van der Waals surface area contributed by atoms with Crippen LogP contribution < -0.4 is 10.1 Å². The first kappa shape index (κ1) is 23.0. The molecular formula is C27H37NO4. The Hall–Kier alpha value is -2.17. The zero-order valence-electron chi connectivity index (χ0n) is 19.6. The van der Waals surface area contributed by atoms with Crippen LogP contribution in [0.25, 0.3) is 0 Å². The second kappa shape index (κ2) is 9.76. The molecule has 0 saturated heterocycles. The quantitative estimate of drug-likeness (QED) is 0.347. The smallest absolute Gasteiger partial charge is 0.311 e. The van der Waals surface area contributed by atoms with Gasteiger partial charge in [0.1, 0.15) is 11.5 Å². The number of unbranched alkanes of at least 4 members (excludes halogenated alkanes) is 2. The fraction of sp³-hybridized carbons (Fsp3) is 0.667. The molecule has 4 rings (SSSR count). The van der Waals surface area contributed by atoms with Gasteiger partial charge in [-0.15, -0.1) is 0 Å². The molecule has 3 aliphatic rings. The predicted octanol–water partition coefficient (Wildman–Crippen LogP) is 5.10. The molecule has 0 aromatic heterocycles. The van der Waals surface area contributed by atoms with Gasteiger partial charge in [-0.1, -0.05) is 32.8 Å². The summed E-state index contributed by atoms with van der Waals surface area (Å²) in [5.74, 6) is 2.23. The minimum atomic E-state index is -0.361. The van der Waals surface area contributed by atoms with Crippen molar-refractivity contribution in [1.82, 2.24) is 5.32 Å². The van der Waals surface area contributed by atoms with Crippen LogP contribution in [-0.4, -0.2) is 24.2 Å². The average Bonchev–Trinajstić information content (AvgIpc) is 3.09. The average molecular weight is 440 g/mol. The van der Waals surface area contributed by atoms with Gasteiger partial charge in [-0.2, -0.15) is 0 Å². The summed E-state index contributed by atoms with van der Waals surface area (Å²) in [6.07, 6.45) is 9.40.